The third-order valence-corrected chi connectivity index (χ3v) is 2.32. The summed E-state index contributed by atoms with van der Waals surface area (Å²) in [5.41, 5.74) is 2.37. The van der Waals surface area contributed by atoms with Crippen molar-refractivity contribution >= 4 is 11.6 Å². The summed E-state index contributed by atoms with van der Waals surface area (Å²) in [7, 11) is 0. The van der Waals surface area contributed by atoms with Crippen LogP contribution in [0, 0.1) is 13.8 Å². The predicted octanol–water partition coefficient (Wildman–Crippen LogP) is 3.31. The van der Waals surface area contributed by atoms with E-state index in [9.17, 15) is 0 Å². The van der Waals surface area contributed by atoms with Crippen molar-refractivity contribution in [2.75, 3.05) is 5.88 Å². The van der Waals surface area contributed by atoms with Crippen LogP contribution in [0.3, 0.4) is 0 Å². The summed E-state index contributed by atoms with van der Waals surface area (Å²) in [5, 5.41) is 0. The van der Waals surface area contributed by atoms with Crippen LogP contribution in [0.1, 0.15) is 18.1 Å². The quantitative estimate of drug-likeness (QED) is 0.678. The lowest BCUT2D eigenvalue weighted by atomic mass is 10.1. The molecule has 0 aromatic heterocycles. The second kappa shape index (κ2) is 4.52. The number of ether oxygens (including phenoxy) is 1. The molecule has 0 radical (unpaired) electrons. The van der Waals surface area contributed by atoms with E-state index in [1.807, 2.05) is 19.9 Å². The first-order valence-corrected chi connectivity index (χ1v) is 4.97. The molecule has 0 bridgehead atoms. The summed E-state index contributed by atoms with van der Waals surface area (Å²) in [6.07, 6.45) is 0.0715. The van der Waals surface area contributed by atoms with Gasteiger partial charge in [-0.05, 0) is 38.0 Å². The van der Waals surface area contributed by atoms with E-state index in [-0.39, 0.29) is 6.10 Å². The lowest BCUT2D eigenvalue weighted by Crippen LogP contribution is -2.13. The van der Waals surface area contributed by atoms with Crippen LogP contribution in [0.15, 0.2) is 18.2 Å². The summed E-state index contributed by atoms with van der Waals surface area (Å²) in [5.74, 6) is 1.46. The molecule has 0 fully saturated rings. The Labute approximate surface area is 84.7 Å². The SMILES string of the molecule is Cc1ccc(C)c(OC(C)CCl)c1. The molecule has 0 amide bonds. The molecule has 0 saturated heterocycles. The van der Waals surface area contributed by atoms with Gasteiger partial charge in [-0.2, -0.15) is 0 Å². The minimum absolute atomic E-state index is 0.0715. The Balaban J connectivity index is 2.81. The molecule has 1 nitrogen and oxygen atoms in total. The van der Waals surface area contributed by atoms with E-state index in [1.54, 1.807) is 0 Å². The standard InChI is InChI=1S/C11H15ClO/c1-8-4-5-9(2)11(6-8)13-10(3)7-12/h4-6,10H,7H2,1-3H3. The maximum Gasteiger partial charge on any atom is 0.122 e. The fourth-order valence-corrected chi connectivity index (χ4v) is 1.15. The van der Waals surface area contributed by atoms with Crippen molar-refractivity contribution in [3.05, 3.63) is 29.3 Å². The molecule has 0 aliphatic rings. The number of rotatable bonds is 3. The van der Waals surface area contributed by atoms with Crippen molar-refractivity contribution in [2.24, 2.45) is 0 Å². The molecule has 1 aromatic carbocycles. The van der Waals surface area contributed by atoms with E-state index in [0.717, 1.165) is 11.3 Å². The second-order valence-corrected chi connectivity index (χ2v) is 3.66. The molecule has 13 heavy (non-hydrogen) atoms. The lowest BCUT2D eigenvalue weighted by molar-refractivity contribution is 0.244. The van der Waals surface area contributed by atoms with Gasteiger partial charge in [0.15, 0.2) is 0 Å². The van der Waals surface area contributed by atoms with Crippen molar-refractivity contribution in [3.8, 4) is 5.75 Å². The summed E-state index contributed by atoms with van der Waals surface area (Å²) < 4.78 is 5.64. The Kier molecular flexibility index (Phi) is 3.61. The molecular formula is C11H15ClO. The van der Waals surface area contributed by atoms with Crippen LogP contribution in [-0.2, 0) is 0 Å². The molecule has 0 spiro atoms. The fraction of sp³-hybridized carbons (Fsp3) is 0.455. The minimum Gasteiger partial charge on any atom is -0.489 e. The molecule has 0 aliphatic carbocycles. The van der Waals surface area contributed by atoms with E-state index in [1.165, 1.54) is 5.56 Å². The van der Waals surface area contributed by atoms with Gasteiger partial charge in [0.25, 0.3) is 0 Å². The zero-order valence-corrected chi connectivity index (χ0v) is 9.06. The number of hydrogen-bond donors (Lipinski definition) is 0. The van der Waals surface area contributed by atoms with Crippen LogP contribution in [-0.4, -0.2) is 12.0 Å². The van der Waals surface area contributed by atoms with Gasteiger partial charge < -0.3 is 4.74 Å². The molecule has 1 rings (SSSR count). The van der Waals surface area contributed by atoms with Crippen LogP contribution >= 0.6 is 11.6 Å². The highest BCUT2D eigenvalue weighted by molar-refractivity contribution is 6.18. The minimum atomic E-state index is 0.0715. The lowest BCUT2D eigenvalue weighted by Gasteiger charge is -2.14. The smallest absolute Gasteiger partial charge is 0.122 e. The molecule has 0 saturated carbocycles. The van der Waals surface area contributed by atoms with Gasteiger partial charge in [0.1, 0.15) is 11.9 Å². The zero-order valence-electron chi connectivity index (χ0n) is 8.30. The predicted molar refractivity (Wildman–Crippen MR) is 56.7 cm³/mol. The average Bonchev–Trinajstić information content (AvgIpc) is 2.11. The Morgan fingerprint density at radius 3 is 2.69 bits per heavy atom. The first-order valence-electron chi connectivity index (χ1n) is 4.43. The zero-order chi connectivity index (χ0) is 9.84. The largest absolute Gasteiger partial charge is 0.489 e. The van der Waals surface area contributed by atoms with E-state index in [0.29, 0.717) is 5.88 Å². The van der Waals surface area contributed by atoms with Crippen LogP contribution < -0.4 is 4.74 Å². The molecule has 0 aliphatic heterocycles. The first kappa shape index (κ1) is 10.4. The Bertz CT molecular complexity index is 283. The van der Waals surface area contributed by atoms with Gasteiger partial charge in [0, 0.05) is 0 Å². The van der Waals surface area contributed by atoms with Gasteiger partial charge in [-0.15, -0.1) is 11.6 Å². The van der Waals surface area contributed by atoms with Gasteiger partial charge in [-0.25, -0.2) is 0 Å². The highest BCUT2D eigenvalue weighted by Crippen LogP contribution is 2.20. The maximum atomic E-state index is 5.67. The van der Waals surface area contributed by atoms with Crippen LogP contribution in [0.4, 0.5) is 0 Å². The average molecular weight is 199 g/mol. The molecule has 72 valence electrons. The topological polar surface area (TPSA) is 9.23 Å². The van der Waals surface area contributed by atoms with Crippen molar-refractivity contribution in [3.63, 3.8) is 0 Å². The Hall–Kier alpha value is -0.690. The molecular weight excluding hydrogens is 184 g/mol. The first-order chi connectivity index (χ1) is 6.13. The van der Waals surface area contributed by atoms with Gasteiger partial charge in [-0.1, -0.05) is 12.1 Å². The third-order valence-electron chi connectivity index (χ3n) is 1.89. The van der Waals surface area contributed by atoms with Gasteiger partial charge >= 0.3 is 0 Å². The Morgan fingerprint density at radius 2 is 2.08 bits per heavy atom. The number of alkyl halides is 1. The number of benzene rings is 1. The molecule has 2 heteroatoms. The highest BCUT2D eigenvalue weighted by atomic mass is 35.5. The second-order valence-electron chi connectivity index (χ2n) is 3.35. The number of hydrogen-bond acceptors (Lipinski definition) is 1. The van der Waals surface area contributed by atoms with Crippen LogP contribution in [0.2, 0.25) is 0 Å². The van der Waals surface area contributed by atoms with Crippen LogP contribution in [0.25, 0.3) is 0 Å². The highest BCUT2D eigenvalue weighted by Gasteiger charge is 2.04. The van der Waals surface area contributed by atoms with Crippen LogP contribution in [0.5, 0.6) is 5.75 Å². The monoisotopic (exact) mass is 198 g/mol. The maximum absolute atomic E-state index is 5.67. The summed E-state index contributed by atoms with van der Waals surface area (Å²) in [6, 6.07) is 6.18. The number of aryl methyl sites for hydroxylation is 2. The van der Waals surface area contributed by atoms with E-state index < -0.39 is 0 Å². The molecule has 1 atom stereocenters. The van der Waals surface area contributed by atoms with Crippen molar-refractivity contribution in [2.45, 2.75) is 26.9 Å². The van der Waals surface area contributed by atoms with Gasteiger partial charge in [0.2, 0.25) is 0 Å². The summed E-state index contributed by atoms with van der Waals surface area (Å²) in [4.78, 5) is 0. The van der Waals surface area contributed by atoms with Gasteiger partial charge in [0.05, 0.1) is 5.88 Å². The van der Waals surface area contributed by atoms with E-state index in [2.05, 4.69) is 19.1 Å². The normalized spacial score (nSPS) is 12.6. The molecule has 1 aromatic rings. The van der Waals surface area contributed by atoms with Crippen molar-refractivity contribution in [1.29, 1.82) is 0 Å². The van der Waals surface area contributed by atoms with Crippen molar-refractivity contribution < 1.29 is 4.74 Å². The summed E-state index contributed by atoms with van der Waals surface area (Å²) in [6.45, 7) is 6.06. The molecule has 0 heterocycles. The number of halogens is 1. The fourth-order valence-electron chi connectivity index (χ4n) is 1.08. The van der Waals surface area contributed by atoms with Crippen molar-refractivity contribution in [1.82, 2.24) is 0 Å². The Morgan fingerprint density at radius 1 is 1.38 bits per heavy atom. The van der Waals surface area contributed by atoms with E-state index in [4.69, 9.17) is 16.3 Å². The van der Waals surface area contributed by atoms with E-state index >= 15 is 0 Å². The van der Waals surface area contributed by atoms with Gasteiger partial charge in [-0.3, -0.25) is 0 Å². The third kappa shape index (κ3) is 2.92. The summed E-state index contributed by atoms with van der Waals surface area (Å²) >= 11 is 5.67. The molecule has 1 unspecified atom stereocenters. The molecule has 0 N–H and O–H groups in total.